The van der Waals surface area contributed by atoms with Gasteiger partial charge in [-0.2, -0.15) is 0 Å². The Kier molecular flexibility index (Phi) is 3.85. The summed E-state index contributed by atoms with van der Waals surface area (Å²) in [6.07, 6.45) is 2.58. The molecule has 0 aliphatic heterocycles. The van der Waals surface area contributed by atoms with Crippen LogP contribution in [-0.4, -0.2) is 22.7 Å². The van der Waals surface area contributed by atoms with Gasteiger partial charge in [-0.25, -0.2) is 4.79 Å². The normalized spacial score (nSPS) is 11.2. The monoisotopic (exact) mass is 207 g/mol. The zero-order chi connectivity index (χ0) is 11.3. The van der Waals surface area contributed by atoms with E-state index in [1.807, 2.05) is 0 Å². The average Bonchev–Trinajstić information content (AvgIpc) is 2.18. The summed E-state index contributed by atoms with van der Waals surface area (Å²) in [6, 6.07) is 3.56. The van der Waals surface area contributed by atoms with Crippen LogP contribution in [0.25, 0.3) is 5.76 Å². The van der Waals surface area contributed by atoms with Crippen molar-refractivity contribution in [3.8, 4) is 0 Å². The highest BCUT2D eigenvalue weighted by atomic mass is 16.5. The van der Waals surface area contributed by atoms with Crippen LogP contribution < -0.4 is 0 Å². The standard InChI is InChI=1S/C11H13NO3/c1-3-15-10(14)7-9(13)11-8(2)5-4-6-12-11/h4-7,13H,3H2,1-2H3. The van der Waals surface area contributed by atoms with Gasteiger partial charge in [0.1, 0.15) is 11.5 Å². The first kappa shape index (κ1) is 11.2. The molecule has 80 valence electrons. The van der Waals surface area contributed by atoms with Crippen molar-refractivity contribution in [2.75, 3.05) is 6.61 Å². The Hall–Kier alpha value is -1.84. The van der Waals surface area contributed by atoms with Crippen molar-refractivity contribution in [1.82, 2.24) is 4.98 Å². The zero-order valence-electron chi connectivity index (χ0n) is 8.73. The summed E-state index contributed by atoms with van der Waals surface area (Å²) >= 11 is 0. The number of aryl methyl sites for hydroxylation is 1. The molecule has 0 fully saturated rings. The number of aliphatic hydroxyl groups is 1. The van der Waals surface area contributed by atoms with Crippen LogP contribution in [0.5, 0.6) is 0 Å². The minimum absolute atomic E-state index is 0.174. The second-order valence-electron chi connectivity index (χ2n) is 2.95. The summed E-state index contributed by atoms with van der Waals surface area (Å²) in [4.78, 5) is 15.0. The Labute approximate surface area is 88.2 Å². The highest BCUT2D eigenvalue weighted by molar-refractivity contribution is 5.89. The summed E-state index contributed by atoms with van der Waals surface area (Å²) in [7, 11) is 0. The molecule has 1 rings (SSSR count). The van der Waals surface area contributed by atoms with E-state index in [9.17, 15) is 9.90 Å². The lowest BCUT2D eigenvalue weighted by Gasteiger charge is -2.02. The highest BCUT2D eigenvalue weighted by Gasteiger charge is 2.06. The number of nitrogens with zero attached hydrogens (tertiary/aromatic N) is 1. The van der Waals surface area contributed by atoms with E-state index in [2.05, 4.69) is 9.72 Å². The van der Waals surface area contributed by atoms with Gasteiger partial charge in [-0.1, -0.05) is 6.07 Å². The maximum atomic E-state index is 11.1. The number of hydrogen-bond donors (Lipinski definition) is 1. The van der Waals surface area contributed by atoms with Gasteiger partial charge >= 0.3 is 5.97 Å². The molecular weight excluding hydrogens is 194 g/mol. The molecule has 1 aromatic rings. The molecule has 1 heterocycles. The number of hydrogen-bond acceptors (Lipinski definition) is 4. The Balaban J connectivity index is 2.89. The molecule has 15 heavy (non-hydrogen) atoms. The first-order valence-electron chi connectivity index (χ1n) is 4.64. The van der Waals surface area contributed by atoms with Crippen molar-refractivity contribution in [2.24, 2.45) is 0 Å². The lowest BCUT2D eigenvalue weighted by atomic mass is 10.2. The number of carbonyl (C=O) groups is 1. The molecule has 0 saturated heterocycles. The Morgan fingerprint density at radius 2 is 2.40 bits per heavy atom. The van der Waals surface area contributed by atoms with Gasteiger partial charge in [0.2, 0.25) is 0 Å². The van der Waals surface area contributed by atoms with Crippen molar-refractivity contribution in [1.29, 1.82) is 0 Å². The molecule has 0 aromatic carbocycles. The molecule has 4 heteroatoms. The summed E-state index contributed by atoms with van der Waals surface area (Å²) < 4.78 is 4.67. The molecule has 0 spiro atoms. The molecule has 0 radical (unpaired) electrons. The number of ether oxygens (including phenoxy) is 1. The third-order valence-electron chi connectivity index (χ3n) is 1.79. The summed E-state index contributed by atoms with van der Waals surface area (Å²) in [6.45, 7) is 3.79. The van der Waals surface area contributed by atoms with E-state index < -0.39 is 5.97 Å². The average molecular weight is 207 g/mol. The topological polar surface area (TPSA) is 59.4 Å². The fourth-order valence-corrected chi connectivity index (χ4v) is 1.12. The minimum atomic E-state index is -0.569. The van der Waals surface area contributed by atoms with Gasteiger partial charge in [-0.3, -0.25) is 4.98 Å². The van der Waals surface area contributed by atoms with Crippen molar-refractivity contribution >= 4 is 11.7 Å². The maximum absolute atomic E-state index is 11.1. The number of aliphatic hydroxyl groups excluding tert-OH is 1. The minimum Gasteiger partial charge on any atom is -0.505 e. The van der Waals surface area contributed by atoms with E-state index in [0.717, 1.165) is 11.6 Å². The van der Waals surface area contributed by atoms with E-state index in [4.69, 9.17) is 0 Å². The predicted molar refractivity (Wildman–Crippen MR) is 56.2 cm³/mol. The molecule has 4 nitrogen and oxygen atoms in total. The lowest BCUT2D eigenvalue weighted by molar-refractivity contribution is -0.137. The Morgan fingerprint density at radius 3 is 3.00 bits per heavy atom. The molecule has 0 unspecified atom stereocenters. The largest absolute Gasteiger partial charge is 0.505 e. The van der Waals surface area contributed by atoms with Crippen LogP contribution in [0, 0.1) is 6.92 Å². The molecule has 0 aliphatic rings. The van der Waals surface area contributed by atoms with E-state index in [0.29, 0.717) is 5.69 Å². The van der Waals surface area contributed by atoms with Gasteiger partial charge in [-0.05, 0) is 25.5 Å². The molecule has 0 aliphatic carbocycles. The van der Waals surface area contributed by atoms with E-state index in [1.165, 1.54) is 0 Å². The summed E-state index contributed by atoms with van der Waals surface area (Å²) in [5.41, 5.74) is 1.20. The highest BCUT2D eigenvalue weighted by Crippen LogP contribution is 2.12. The zero-order valence-corrected chi connectivity index (χ0v) is 8.73. The SMILES string of the molecule is CCOC(=O)C=C(O)c1ncccc1C. The van der Waals surface area contributed by atoms with Crippen LogP contribution in [0.2, 0.25) is 0 Å². The van der Waals surface area contributed by atoms with Crippen molar-refractivity contribution in [2.45, 2.75) is 13.8 Å². The van der Waals surface area contributed by atoms with Crippen molar-refractivity contribution < 1.29 is 14.6 Å². The van der Waals surface area contributed by atoms with E-state index in [-0.39, 0.29) is 12.4 Å². The molecule has 0 atom stereocenters. The van der Waals surface area contributed by atoms with Crippen LogP contribution in [0.15, 0.2) is 24.4 Å². The molecule has 1 aromatic heterocycles. The molecule has 0 amide bonds. The van der Waals surface area contributed by atoms with Gasteiger partial charge in [0.15, 0.2) is 0 Å². The van der Waals surface area contributed by atoms with Gasteiger partial charge in [0.25, 0.3) is 0 Å². The quantitative estimate of drug-likeness (QED) is 0.467. The second-order valence-corrected chi connectivity index (χ2v) is 2.95. The molecule has 0 bridgehead atoms. The number of aromatic nitrogens is 1. The first-order valence-corrected chi connectivity index (χ1v) is 4.64. The number of esters is 1. The van der Waals surface area contributed by atoms with E-state index in [1.54, 1.807) is 32.2 Å². The third-order valence-corrected chi connectivity index (χ3v) is 1.79. The molecule has 0 saturated carbocycles. The van der Waals surface area contributed by atoms with Crippen molar-refractivity contribution in [3.63, 3.8) is 0 Å². The fraction of sp³-hybridized carbons (Fsp3) is 0.273. The first-order chi connectivity index (χ1) is 7.15. The van der Waals surface area contributed by atoms with Crippen LogP contribution in [0.4, 0.5) is 0 Å². The van der Waals surface area contributed by atoms with Crippen LogP contribution in [0.1, 0.15) is 18.2 Å². The third kappa shape index (κ3) is 3.09. The number of pyridine rings is 1. The number of rotatable bonds is 3. The Bertz CT molecular complexity index is 385. The molecule has 1 N–H and O–H groups in total. The van der Waals surface area contributed by atoms with Crippen LogP contribution in [-0.2, 0) is 9.53 Å². The van der Waals surface area contributed by atoms with Gasteiger partial charge in [-0.15, -0.1) is 0 Å². The fourth-order valence-electron chi connectivity index (χ4n) is 1.12. The van der Waals surface area contributed by atoms with Gasteiger partial charge in [0.05, 0.1) is 12.7 Å². The van der Waals surface area contributed by atoms with Crippen molar-refractivity contribution in [3.05, 3.63) is 35.7 Å². The Morgan fingerprint density at radius 1 is 1.67 bits per heavy atom. The predicted octanol–water partition coefficient (Wildman–Crippen LogP) is 1.85. The van der Waals surface area contributed by atoms with Crippen LogP contribution in [0.3, 0.4) is 0 Å². The smallest absolute Gasteiger partial charge is 0.334 e. The summed E-state index contributed by atoms with van der Waals surface area (Å²) in [5, 5.41) is 9.60. The van der Waals surface area contributed by atoms with Gasteiger partial charge in [0, 0.05) is 6.20 Å². The van der Waals surface area contributed by atoms with Gasteiger partial charge < -0.3 is 9.84 Å². The van der Waals surface area contributed by atoms with Crippen LogP contribution >= 0.6 is 0 Å². The number of carbonyl (C=O) groups excluding carboxylic acids is 1. The second kappa shape index (κ2) is 5.14. The summed E-state index contributed by atoms with van der Waals surface area (Å²) in [5.74, 6) is -0.744. The van der Waals surface area contributed by atoms with E-state index >= 15 is 0 Å². The lowest BCUT2D eigenvalue weighted by Crippen LogP contribution is -2.02. The molecular formula is C11H13NO3. The maximum Gasteiger partial charge on any atom is 0.334 e.